The van der Waals surface area contributed by atoms with Crippen LogP contribution in [0.5, 0.6) is 5.88 Å². The highest BCUT2D eigenvalue weighted by atomic mass is 32.1. The van der Waals surface area contributed by atoms with Gasteiger partial charge in [-0.1, -0.05) is 19.4 Å². The summed E-state index contributed by atoms with van der Waals surface area (Å²) in [5, 5.41) is 5.59. The average Bonchev–Trinajstić information content (AvgIpc) is 2.95. The van der Waals surface area contributed by atoms with E-state index in [9.17, 15) is 0 Å². The van der Waals surface area contributed by atoms with Crippen LogP contribution in [0.15, 0.2) is 29.6 Å². The summed E-state index contributed by atoms with van der Waals surface area (Å²) in [5.74, 6) is 1.29. The molecule has 5 heteroatoms. The van der Waals surface area contributed by atoms with Gasteiger partial charge in [0.2, 0.25) is 5.88 Å². The van der Waals surface area contributed by atoms with Gasteiger partial charge < -0.3 is 15.8 Å². The molecule has 114 valence electrons. The highest BCUT2D eigenvalue weighted by Gasteiger charge is 2.13. The Morgan fingerprint density at radius 1 is 1.33 bits per heavy atom. The number of anilines is 2. The predicted molar refractivity (Wildman–Crippen MR) is 90.0 cm³/mol. The molecule has 2 rings (SSSR count). The molecule has 0 aliphatic carbocycles. The van der Waals surface area contributed by atoms with Crippen LogP contribution >= 0.6 is 11.3 Å². The minimum Gasteiger partial charge on any atom is -0.473 e. The van der Waals surface area contributed by atoms with Crippen molar-refractivity contribution >= 4 is 22.8 Å². The van der Waals surface area contributed by atoms with Gasteiger partial charge >= 0.3 is 0 Å². The van der Waals surface area contributed by atoms with Crippen LogP contribution in [-0.2, 0) is 0 Å². The molecule has 0 saturated carbocycles. The highest BCUT2D eigenvalue weighted by molar-refractivity contribution is 7.10. The monoisotopic (exact) mass is 305 g/mol. The molecule has 4 nitrogen and oxygen atoms in total. The largest absolute Gasteiger partial charge is 0.473 e. The molecule has 0 spiro atoms. The van der Waals surface area contributed by atoms with Gasteiger partial charge in [-0.25, -0.2) is 0 Å². The Balaban J connectivity index is 2.17. The van der Waals surface area contributed by atoms with Crippen molar-refractivity contribution < 1.29 is 4.74 Å². The lowest BCUT2D eigenvalue weighted by atomic mass is 10.1. The van der Waals surface area contributed by atoms with Gasteiger partial charge in [0.1, 0.15) is 5.82 Å². The summed E-state index contributed by atoms with van der Waals surface area (Å²) in [6.45, 7) is 6.12. The van der Waals surface area contributed by atoms with Crippen LogP contribution in [0.1, 0.15) is 44.5 Å². The molecule has 0 fully saturated rings. The van der Waals surface area contributed by atoms with Crippen LogP contribution < -0.4 is 15.8 Å². The number of ether oxygens (including phenoxy) is 1. The van der Waals surface area contributed by atoms with Crippen LogP contribution in [0, 0.1) is 0 Å². The van der Waals surface area contributed by atoms with Crippen molar-refractivity contribution in [2.45, 2.75) is 45.8 Å². The third kappa shape index (κ3) is 4.36. The maximum absolute atomic E-state index is 5.91. The maximum atomic E-state index is 5.91. The summed E-state index contributed by atoms with van der Waals surface area (Å²) in [5.41, 5.74) is 6.48. The molecule has 1 atom stereocenters. The molecule has 0 aliphatic rings. The molecule has 2 aromatic heterocycles. The second-order valence-electron chi connectivity index (χ2n) is 5.26. The fourth-order valence-electron chi connectivity index (χ4n) is 2.09. The van der Waals surface area contributed by atoms with Crippen molar-refractivity contribution in [3.63, 3.8) is 0 Å². The van der Waals surface area contributed by atoms with E-state index in [0.29, 0.717) is 11.6 Å². The van der Waals surface area contributed by atoms with Crippen LogP contribution in [0.3, 0.4) is 0 Å². The summed E-state index contributed by atoms with van der Waals surface area (Å²) < 4.78 is 5.64. The summed E-state index contributed by atoms with van der Waals surface area (Å²) in [7, 11) is 0. The Kier molecular flexibility index (Phi) is 5.44. The Morgan fingerprint density at radius 3 is 2.76 bits per heavy atom. The molecular weight excluding hydrogens is 282 g/mol. The number of nitrogens with one attached hydrogen (secondary N) is 1. The maximum Gasteiger partial charge on any atom is 0.239 e. The zero-order valence-corrected chi connectivity index (χ0v) is 13.6. The molecule has 0 bridgehead atoms. The number of nitrogens with zero attached hydrogens (tertiary/aromatic N) is 1. The molecular formula is C16H23N3OS. The van der Waals surface area contributed by atoms with E-state index in [0.717, 1.165) is 18.7 Å². The summed E-state index contributed by atoms with van der Waals surface area (Å²) in [4.78, 5) is 5.81. The number of nitrogen functional groups attached to an aromatic ring is 1. The van der Waals surface area contributed by atoms with Gasteiger partial charge in [-0.05, 0) is 43.8 Å². The smallest absolute Gasteiger partial charge is 0.239 e. The van der Waals surface area contributed by atoms with E-state index < -0.39 is 0 Å². The molecule has 0 saturated heterocycles. The Hall–Kier alpha value is -1.75. The van der Waals surface area contributed by atoms with Gasteiger partial charge in [-0.2, -0.15) is 4.98 Å². The lowest BCUT2D eigenvalue weighted by molar-refractivity contribution is 0.234. The van der Waals surface area contributed by atoms with Gasteiger partial charge in [-0.15, -0.1) is 11.3 Å². The minimum absolute atomic E-state index is 0.0544. The highest BCUT2D eigenvalue weighted by Crippen LogP contribution is 2.29. The van der Waals surface area contributed by atoms with E-state index in [2.05, 4.69) is 34.7 Å². The SMILES string of the molecule is CCCC(Nc1ccc(N)c(OC(C)C)n1)c1cccs1. The van der Waals surface area contributed by atoms with Crippen LogP contribution in [0.25, 0.3) is 0 Å². The van der Waals surface area contributed by atoms with Crippen molar-refractivity contribution in [1.29, 1.82) is 0 Å². The van der Waals surface area contributed by atoms with E-state index >= 15 is 0 Å². The van der Waals surface area contributed by atoms with Crippen LogP contribution in [-0.4, -0.2) is 11.1 Å². The van der Waals surface area contributed by atoms with Crippen molar-refractivity contribution in [3.05, 3.63) is 34.5 Å². The van der Waals surface area contributed by atoms with E-state index in [-0.39, 0.29) is 12.1 Å². The zero-order chi connectivity index (χ0) is 15.2. The molecule has 0 radical (unpaired) electrons. The molecule has 2 aromatic rings. The molecule has 2 heterocycles. The number of nitrogens with two attached hydrogens (primary N) is 1. The van der Waals surface area contributed by atoms with Crippen molar-refractivity contribution in [1.82, 2.24) is 4.98 Å². The zero-order valence-electron chi connectivity index (χ0n) is 12.8. The summed E-state index contributed by atoms with van der Waals surface area (Å²) in [6.07, 6.45) is 2.23. The third-order valence-corrected chi connectivity index (χ3v) is 4.01. The summed E-state index contributed by atoms with van der Waals surface area (Å²) in [6, 6.07) is 8.25. The second-order valence-corrected chi connectivity index (χ2v) is 6.24. The Bertz CT molecular complexity index is 555. The Morgan fingerprint density at radius 2 is 2.14 bits per heavy atom. The Labute approximate surface area is 130 Å². The number of aromatic nitrogens is 1. The van der Waals surface area contributed by atoms with Crippen LogP contribution in [0.2, 0.25) is 0 Å². The van der Waals surface area contributed by atoms with E-state index in [1.54, 1.807) is 11.3 Å². The predicted octanol–water partition coefficient (Wildman–Crippen LogP) is 4.47. The van der Waals surface area contributed by atoms with Gasteiger partial charge in [-0.3, -0.25) is 0 Å². The van der Waals surface area contributed by atoms with E-state index in [1.807, 2.05) is 26.0 Å². The van der Waals surface area contributed by atoms with Gasteiger partial charge in [0.05, 0.1) is 17.8 Å². The van der Waals surface area contributed by atoms with Crippen molar-refractivity contribution in [2.75, 3.05) is 11.1 Å². The first-order valence-corrected chi connectivity index (χ1v) is 8.21. The van der Waals surface area contributed by atoms with E-state index in [4.69, 9.17) is 10.5 Å². The molecule has 1 unspecified atom stereocenters. The molecule has 0 aromatic carbocycles. The first-order valence-electron chi connectivity index (χ1n) is 7.33. The lowest BCUT2D eigenvalue weighted by Gasteiger charge is -2.19. The van der Waals surface area contributed by atoms with Gasteiger partial charge in [0.25, 0.3) is 0 Å². The number of rotatable bonds is 7. The van der Waals surface area contributed by atoms with Gasteiger partial charge in [0.15, 0.2) is 0 Å². The topological polar surface area (TPSA) is 60.2 Å². The molecule has 21 heavy (non-hydrogen) atoms. The number of hydrogen-bond donors (Lipinski definition) is 2. The first kappa shape index (κ1) is 15.6. The standard InChI is InChI=1S/C16H23N3OS/c1-4-6-13(14-7-5-10-21-14)18-15-9-8-12(17)16(19-15)20-11(2)3/h5,7-11,13H,4,6,17H2,1-3H3,(H,18,19). The number of thiophene rings is 1. The number of pyridine rings is 1. The first-order chi connectivity index (χ1) is 10.1. The lowest BCUT2D eigenvalue weighted by Crippen LogP contribution is -2.13. The van der Waals surface area contributed by atoms with Crippen molar-refractivity contribution in [3.8, 4) is 5.88 Å². The second kappa shape index (κ2) is 7.31. The van der Waals surface area contributed by atoms with Gasteiger partial charge in [0, 0.05) is 4.88 Å². The minimum atomic E-state index is 0.0544. The third-order valence-electron chi connectivity index (χ3n) is 3.02. The fourth-order valence-corrected chi connectivity index (χ4v) is 2.90. The molecule has 0 aliphatic heterocycles. The molecule has 3 N–H and O–H groups in total. The quantitative estimate of drug-likeness (QED) is 0.792. The average molecular weight is 305 g/mol. The summed E-state index contributed by atoms with van der Waals surface area (Å²) >= 11 is 1.76. The fraction of sp³-hybridized carbons (Fsp3) is 0.438. The van der Waals surface area contributed by atoms with Crippen molar-refractivity contribution in [2.24, 2.45) is 0 Å². The number of hydrogen-bond acceptors (Lipinski definition) is 5. The van der Waals surface area contributed by atoms with Crippen LogP contribution in [0.4, 0.5) is 11.5 Å². The van der Waals surface area contributed by atoms with E-state index in [1.165, 1.54) is 4.88 Å². The molecule has 0 amide bonds. The normalized spacial score (nSPS) is 12.4.